The zero-order valence-electron chi connectivity index (χ0n) is 12.3. The summed E-state index contributed by atoms with van der Waals surface area (Å²) in [6.07, 6.45) is 10.0. The first kappa shape index (κ1) is 14.3. The third-order valence-electron chi connectivity index (χ3n) is 4.92. The minimum Gasteiger partial charge on any atom is -0.411 e. The first-order valence-corrected chi connectivity index (χ1v) is 7.96. The van der Waals surface area contributed by atoms with Crippen LogP contribution in [0.4, 0.5) is 4.39 Å². The molecule has 2 aliphatic rings. The Morgan fingerprint density at radius 2 is 1.95 bits per heavy atom. The van der Waals surface area contributed by atoms with Crippen molar-refractivity contribution in [3.05, 3.63) is 41.2 Å². The van der Waals surface area contributed by atoms with Crippen molar-refractivity contribution in [3.63, 3.8) is 0 Å². The van der Waals surface area contributed by atoms with Gasteiger partial charge in [-0.15, -0.1) is 5.16 Å². The van der Waals surface area contributed by atoms with Crippen LogP contribution in [0.25, 0.3) is 5.57 Å². The number of halogens is 1. The van der Waals surface area contributed by atoms with E-state index in [0.29, 0.717) is 5.92 Å². The molecule has 1 N–H and O–H groups in total. The lowest BCUT2D eigenvalue weighted by Gasteiger charge is -2.25. The number of hydrogen-bond donors (Lipinski definition) is 1. The molecule has 2 aliphatic carbocycles. The van der Waals surface area contributed by atoms with E-state index >= 15 is 0 Å². The van der Waals surface area contributed by atoms with Crippen molar-refractivity contribution in [1.82, 2.24) is 0 Å². The molecule has 0 aliphatic heterocycles. The van der Waals surface area contributed by atoms with Gasteiger partial charge in [0.25, 0.3) is 0 Å². The average molecular weight is 287 g/mol. The fourth-order valence-electron chi connectivity index (χ4n) is 3.99. The van der Waals surface area contributed by atoms with Crippen molar-refractivity contribution in [3.8, 4) is 0 Å². The maximum Gasteiger partial charge on any atom is 0.123 e. The van der Waals surface area contributed by atoms with Crippen molar-refractivity contribution in [2.75, 3.05) is 0 Å². The average Bonchev–Trinajstić information content (AvgIpc) is 2.92. The second-order valence-electron chi connectivity index (χ2n) is 6.19. The van der Waals surface area contributed by atoms with Crippen LogP contribution < -0.4 is 0 Å². The summed E-state index contributed by atoms with van der Waals surface area (Å²) in [5.74, 6) is 0.553. The number of oxime groups is 1. The van der Waals surface area contributed by atoms with Crippen LogP contribution in [0.2, 0.25) is 0 Å². The molecule has 1 fully saturated rings. The summed E-state index contributed by atoms with van der Waals surface area (Å²) < 4.78 is 13.6. The fraction of sp³-hybridized carbons (Fsp3) is 0.500. The molecule has 112 valence electrons. The van der Waals surface area contributed by atoms with E-state index in [1.165, 1.54) is 49.3 Å². The number of benzene rings is 1. The molecule has 1 unspecified atom stereocenters. The van der Waals surface area contributed by atoms with Gasteiger partial charge in [0.2, 0.25) is 0 Å². The standard InChI is InChI=1S/C18H22FNO/c19-16-8-4-7-14(11-16)18-15(12-20-21)9-10-17(18)13-5-2-1-3-6-13/h4,7-8,11-13,15,21H,1-3,5-6,9-10H2. The SMILES string of the molecule is ON=CC1CCC(C2CCCCC2)=C1c1cccc(F)c1. The number of nitrogens with zero attached hydrogens (tertiary/aromatic N) is 1. The molecule has 0 bridgehead atoms. The Labute approximate surface area is 125 Å². The Balaban J connectivity index is 2.01. The molecule has 0 radical (unpaired) electrons. The highest BCUT2D eigenvalue weighted by Crippen LogP contribution is 2.45. The van der Waals surface area contributed by atoms with Gasteiger partial charge in [-0.2, -0.15) is 0 Å². The van der Waals surface area contributed by atoms with E-state index in [2.05, 4.69) is 5.16 Å². The first-order chi connectivity index (χ1) is 10.3. The predicted molar refractivity (Wildman–Crippen MR) is 82.9 cm³/mol. The highest BCUT2D eigenvalue weighted by Gasteiger charge is 2.30. The van der Waals surface area contributed by atoms with Crippen LogP contribution in [-0.2, 0) is 0 Å². The summed E-state index contributed by atoms with van der Waals surface area (Å²) in [4.78, 5) is 0. The normalized spacial score (nSPS) is 24.1. The monoisotopic (exact) mass is 287 g/mol. The van der Waals surface area contributed by atoms with Crippen molar-refractivity contribution < 1.29 is 9.60 Å². The summed E-state index contributed by atoms with van der Waals surface area (Å²) >= 11 is 0. The lowest BCUT2D eigenvalue weighted by atomic mass is 9.80. The molecule has 1 atom stereocenters. The van der Waals surface area contributed by atoms with Gasteiger partial charge in [-0.1, -0.05) is 37.0 Å². The smallest absolute Gasteiger partial charge is 0.123 e. The largest absolute Gasteiger partial charge is 0.411 e. The van der Waals surface area contributed by atoms with E-state index < -0.39 is 0 Å². The zero-order chi connectivity index (χ0) is 14.7. The molecule has 0 amide bonds. The lowest BCUT2D eigenvalue weighted by molar-refractivity contribution is 0.319. The molecule has 3 rings (SSSR count). The second kappa shape index (κ2) is 6.42. The highest BCUT2D eigenvalue weighted by atomic mass is 19.1. The van der Waals surface area contributed by atoms with E-state index in [1.54, 1.807) is 18.3 Å². The van der Waals surface area contributed by atoms with E-state index in [0.717, 1.165) is 18.4 Å². The topological polar surface area (TPSA) is 32.6 Å². The van der Waals surface area contributed by atoms with Crippen LogP contribution in [0.3, 0.4) is 0 Å². The Bertz CT molecular complexity index is 558. The van der Waals surface area contributed by atoms with Crippen LogP contribution in [0.5, 0.6) is 0 Å². The van der Waals surface area contributed by atoms with Crippen molar-refractivity contribution in [1.29, 1.82) is 0 Å². The molecule has 1 saturated carbocycles. The fourth-order valence-corrected chi connectivity index (χ4v) is 3.99. The highest BCUT2D eigenvalue weighted by molar-refractivity contribution is 5.86. The quantitative estimate of drug-likeness (QED) is 0.472. The van der Waals surface area contributed by atoms with Crippen LogP contribution in [0.1, 0.15) is 50.5 Å². The minimum absolute atomic E-state index is 0.119. The maximum absolute atomic E-state index is 13.6. The second-order valence-corrected chi connectivity index (χ2v) is 6.19. The molecular weight excluding hydrogens is 265 g/mol. The third kappa shape index (κ3) is 3.02. The van der Waals surface area contributed by atoms with Crippen LogP contribution in [0.15, 0.2) is 35.0 Å². The number of allylic oxidation sites excluding steroid dienone is 2. The molecule has 1 aromatic carbocycles. The Hall–Kier alpha value is -1.64. The number of hydrogen-bond acceptors (Lipinski definition) is 2. The number of rotatable bonds is 3. The first-order valence-electron chi connectivity index (χ1n) is 7.96. The van der Waals surface area contributed by atoms with E-state index in [-0.39, 0.29) is 11.7 Å². The van der Waals surface area contributed by atoms with Gasteiger partial charge in [-0.05, 0) is 54.9 Å². The Kier molecular flexibility index (Phi) is 4.37. The van der Waals surface area contributed by atoms with Gasteiger partial charge in [0.15, 0.2) is 0 Å². The van der Waals surface area contributed by atoms with Crippen molar-refractivity contribution in [2.24, 2.45) is 17.0 Å². The van der Waals surface area contributed by atoms with Gasteiger partial charge in [0.05, 0.1) is 6.21 Å². The zero-order valence-corrected chi connectivity index (χ0v) is 12.3. The molecule has 21 heavy (non-hydrogen) atoms. The van der Waals surface area contributed by atoms with Gasteiger partial charge < -0.3 is 5.21 Å². The van der Waals surface area contributed by atoms with Gasteiger partial charge in [0.1, 0.15) is 5.82 Å². The predicted octanol–water partition coefficient (Wildman–Crippen LogP) is 5.03. The van der Waals surface area contributed by atoms with Crippen LogP contribution >= 0.6 is 0 Å². The van der Waals surface area contributed by atoms with Crippen LogP contribution in [-0.4, -0.2) is 11.4 Å². The molecule has 0 aromatic heterocycles. The van der Waals surface area contributed by atoms with E-state index in [9.17, 15) is 4.39 Å². The van der Waals surface area contributed by atoms with E-state index in [4.69, 9.17) is 5.21 Å². The Morgan fingerprint density at radius 1 is 1.14 bits per heavy atom. The molecule has 0 heterocycles. The Morgan fingerprint density at radius 3 is 2.67 bits per heavy atom. The van der Waals surface area contributed by atoms with Crippen LogP contribution in [0, 0.1) is 17.7 Å². The van der Waals surface area contributed by atoms with Gasteiger partial charge in [-0.25, -0.2) is 4.39 Å². The van der Waals surface area contributed by atoms with Gasteiger partial charge in [-0.3, -0.25) is 0 Å². The summed E-state index contributed by atoms with van der Waals surface area (Å²) in [5.41, 5.74) is 3.64. The molecule has 0 spiro atoms. The summed E-state index contributed by atoms with van der Waals surface area (Å²) in [6.45, 7) is 0. The summed E-state index contributed by atoms with van der Waals surface area (Å²) in [6, 6.07) is 6.84. The third-order valence-corrected chi connectivity index (χ3v) is 4.92. The minimum atomic E-state index is -0.199. The van der Waals surface area contributed by atoms with Crippen molar-refractivity contribution >= 4 is 11.8 Å². The summed E-state index contributed by atoms with van der Waals surface area (Å²) in [7, 11) is 0. The molecule has 3 heteroatoms. The van der Waals surface area contributed by atoms with Gasteiger partial charge in [0, 0.05) is 5.92 Å². The van der Waals surface area contributed by atoms with Crippen molar-refractivity contribution in [2.45, 2.75) is 44.9 Å². The van der Waals surface area contributed by atoms with E-state index in [1.807, 2.05) is 6.07 Å². The molecule has 2 nitrogen and oxygen atoms in total. The lowest BCUT2D eigenvalue weighted by Crippen LogP contribution is -2.10. The summed E-state index contributed by atoms with van der Waals surface area (Å²) in [5, 5.41) is 12.2. The molecular formula is C18H22FNO. The van der Waals surface area contributed by atoms with Gasteiger partial charge >= 0.3 is 0 Å². The maximum atomic E-state index is 13.6. The molecule has 0 saturated heterocycles. The molecule has 1 aromatic rings.